The third kappa shape index (κ3) is 6.04. The highest BCUT2D eigenvalue weighted by Crippen LogP contribution is 2.32. The van der Waals surface area contributed by atoms with Crippen LogP contribution in [-0.4, -0.2) is 54.0 Å². The highest BCUT2D eigenvalue weighted by molar-refractivity contribution is 6.11. The number of benzene rings is 3. The van der Waals surface area contributed by atoms with E-state index in [2.05, 4.69) is 34.3 Å². The van der Waals surface area contributed by atoms with Gasteiger partial charge < -0.3 is 20.6 Å². The van der Waals surface area contributed by atoms with Crippen molar-refractivity contribution in [2.75, 3.05) is 41.7 Å². The molecule has 36 heavy (non-hydrogen) atoms. The molecule has 1 fully saturated rings. The molecule has 7 heteroatoms. The van der Waals surface area contributed by atoms with Crippen LogP contribution in [0, 0.1) is 6.92 Å². The quantitative estimate of drug-likeness (QED) is 0.421. The number of nitrogens with one attached hydrogen (secondary N) is 2. The molecule has 3 aromatic carbocycles. The Kier molecular flexibility index (Phi) is 7.90. The van der Waals surface area contributed by atoms with Crippen LogP contribution < -0.4 is 15.5 Å². The van der Waals surface area contributed by atoms with Gasteiger partial charge >= 0.3 is 0 Å². The van der Waals surface area contributed by atoms with E-state index in [9.17, 15) is 14.7 Å². The van der Waals surface area contributed by atoms with Crippen molar-refractivity contribution in [3.05, 3.63) is 83.4 Å². The molecule has 4 rings (SSSR count). The molecule has 0 bridgehead atoms. The van der Waals surface area contributed by atoms with E-state index in [0.717, 1.165) is 43.9 Å². The molecule has 7 nitrogen and oxygen atoms in total. The lowest BCUT2D eigenvalue weighted by atomic mass is 10.1. The summed E-state index contributed by atoms with van der Waals surface area (Å²) < 4.78 is 0. The Labute approximate surface area is 212 Å². The molecule has 1 aliphatic heterocycles. The minimum absolute atomic E-state index is 0.124. The Morgan fingerprint density at radius 3 is 2.11 bits per heavy atom. The van der Waals surface area contributed by atoms with Gasteiger partial charge in [0.05, 0.1) is 5.69 Å². The van der Waals surface area contributed by atoms with Gasteiger partial charge in [-0.05, 0) is 75.7 Å². The molecule has 2 amide bonds. The predicted molar refractivity (Wildman–Crippen MR) is 145 cm³/mol. The fourth-order valence-electron chi connectivity index (χ4n) is 4.40. The maximum atomic E-state index is 13.0. The van der Waals surface area contributed by atoms with Gasteiger partial charge in [-0.15, -0.1) is 0 Å². The zero-order valence-electron chi connectivity index (χ0n) is 21.1. The fourth-order valence-corrected chi connectivity index (χ4v) is 4.40. The summed E-state index contributed by atoms with van der Waals surface area (Å²) >= 11 is 0. The molecular weight excluding hydrogens is 452 g/mol. The van der Waals surface area contributed by atoms with Gasteiger partial charge in [-0.25, -0.2) is 0 Å². The van der Waals surface area contributed by atoms with Crippen molar-refractivity contribution in [3.8, 4) is 5.75 Å². The van der Waals surface area contributed by atoms with Crippen LogP contribution in [0.3, 0.4) is 0 Å². The molecule has 0 atom stereocenters. The van der Waals surface area contributed by atoms with Crippen LogP contribution in [0.5, 0.6) is 5.75 Å². The van der Waals surface area contributed by atoms with Crippen LogP contribution in [0.4, 0.5) is 17.1 Å². The average molecular weight is 487 g/mol. The molecule has 3 N–H and O–H groups in total. The van der Waals surface area contributed by atoms with E-state index in [4.69, 9.17) is 0 Å². The zero-order valence-corrected chi connectivity index (χ0v) is 21.1. The molecule has 1 aliphatic rings. The third-order valence-electron chi connectivity index (χ3n) is 6.60. The standard InChI is InChI=1S/C29H34N4O3/c1-20(2)32-16-5-17-33(19-18-32)24-14-12-23(13-15-24)29(36)31-27-25(6-4-7-26(27)34)30-28(35)22-10-8-21(3)9-11-22/h4,6-15,20,34H,5,16-19H2,1-3H3,(H,30,35)(H,31,36). The zero-order chi connectivity index (χ0) is 25.7. The normalized spacial score (nSPS) is 14.4. The SMILES string of the molecule is Cc1ccc(C(=O)Nc2cccc(O)c2NC(=O)c2ccc(N3CCCN(C(C)C)CC3)cc2)cc1. The van der Waals surface area contributed by atoms with E-state index in [1.54, 1.807) is 36.4 Å². The van der Waals surface area contributed by atoms with E-state index in [-0.39, 0.29) is 23.3 Å². The first-order valence-corrected chi connectivity index (χ1v) is 12.4. The maximum Gasteiger partial charge on any atom is 0.255 e. The monoisotopic (exact) mass is 486 g/mol. The Hall–Kier alpha value is -3.84. The molecule has 1 heterocycles. The van der Waals surface area contributed by atoms with Crippen LogP contribution in [-0.2, 0) is 0 Å². The average Bonchev–Trinajstić information content (AvgIpc) is 3.13. The highest BCUT2D eigenvalue weighted by Gasteiger charge is 2.19. The van der Waals surface area contributed by atoms with E-state index >= 15 is 0 Å². The summed E-state index contributed by atoms with van der Waals surface area (Å²) in [6, 6.07) is 20.0. The van der Waals surface area contributed by atoms with Crippen molar-refractivity contribution >= 4 is 28.9 Å². The fraction of sp³-hybridized carbons (Fsp3) is 0.310. The summed E-state index contributed by atoms with van der Waals surface area (Å²) in [6.45, 7) is 10.5. The van der Waals surface area contributed by atoms with Crippen LogP contribution >= 0.6 is 0 Å². The largest absolute Gasteiger partial charge is 0.506 e. The van der Waals surface area contributed by atoms with E-state index in [0.29, 0.717) is 22.9 Å². The number of phenols is 1. The van der Waals surface area contributed by atoms with Crippen molar-refractivity contribution in [1.82, 2.24) is 4.90 Å². The van der Waals surface area contributed by atoms with Crippen LogP contribution in [0.2, 0.25) is 0 Å². The molecule has 0 aromatic heterocycles. The Morgan fingerprint density at radius 2 is 1.44 bits per heavy atom. The summed E-state index contributed by atoms with van der Waals surface area (Å²) in [4.78, 5) is 30.6. The van der Waals surface area contributed by atoms with Crippen molar-refractivity contribution in [2.45, 2.75) is 33.2 Å². The van der Waals surface area contributed by atoms with Gasteiger partial charge in [0.15, 0.2) is 0 Å². The van der Waals surface area contributed by atoms with Gasteiger partial charge in [-0.1, -0.05) is 23.8 Å². The van der Waals surface area contributed by atoms with Crippen molar-refractivity contribution in [3.63, 3.8) is 0 Å². The summed E-state index contributed by atoms with van der Waals surface area (Å²) in [6.07, 6.45) is 1.10. The highest BCUT2D eigenvalue weighted by atomic mass is 16.3. The number of aryl methyl sites for hydroxylation is 1. The van der Waals surface area contributed by atoms with Gasteiger partial charge in [0.1, 0.15) is 11.4 Å². The van der Waals surface area contributed by atoms with Crippen molar-refractivity contribution in [1.29, 1.82) is 0 Å². The number of hydrogen-bond donors (Lipinski definition) is 3. The van der Waals surface area contributed by atoms with Crippen LogP contribution in [0.1, 0.15) is 46.5 Å². The van der Waals surface area contributed by atoms with Gasteiger partial charge in [0, 0.05) is 49.0 Å². The number of aromatic hydroxyl groups is 1. The summed E-state index contributed by atoms with van der Waals surface area (Å²) in [5, 5.41) is 16.0. The number of nitrogens with zero attached hydrogens (tertiary/aromatic N) is 2. The van der Waals surface area contributed by atoms with Crippen LogP contribution in [0.15, 0.2) is 66.7 Å². The molecule has 188 valence electrons. The second-order valence-electron chi connectivity index (χ2n) is 9.49. The molecule has 0 saturated carbocycles. The van der Waals surface area contributed by atoms with Gasteiger partial charge in [-0.3, -0.25) is 14.5 Å². The number of anilines is 3. The predicted octanol–water partition coefficient (Wildman–Crippen LogP) is 5.13. The molecule has 3 aromatic rings. The molecule has 0 unspecified atom stereocenters. The van der Waals surface area contributed by atoms with Gasteiger partial charge in [-0.2, -0.15) is 0 Å². The van der Waals surface area contributed by atoms with Gasteiger partial charge in [0.2, 0.25) is 0 Å². The van der Waals surface area contributed by atoms with Gasteiger partial charge in [0.25, 0.3) is 11.8 Å². The lowest BCUT2D eigenvalue weighted by molar-refractivity contribution is 0.101. The number of amides is 2. The summed E-state index contributed by atoms with van der Waals surface area (Å²) in [7, 11) is 0. The first-order chi connectivity index (χ1) is 17.3. The summed E-state index contributed by atoms with van der Waals surface area (Å²) in [5.74, 6) is -0.814. The number of phenolic OH excluding ortho intramolecular Hbond substituents is 1. The van der Waals surface area contributed by atoms with E-state index in [1.165, 1.54) is 6.07 Å². The lowest BCUT2D eigenvalue weighted by Crippen LogP contribution is -2.35. The Morgan fingerprint density at radius 1 is 0.806 bits per heavy atom. The molecular formula is C29H34N4O3. The maximum absolute atomic E-state index is 13.0. The lowest BCUT2D eigenvalue weighted by Gasteiger charge is -2.25. The van der Waals surface area contributed by atoms with Crippen molar-refractivity contribution in [2.24, 2.45) is 0 Å². The molecule has 0 aliphatic carbocycles. The number of para-hydroxylation sites is 1. The summed E-state index contributed by atoms with van der Waals surface area (Å²) in [5.41, 5.74) is 3.58. The Balaban J connectivity index is 1.45. The number of hydrogen-bond acceptors (Lipinski definition) is 5. The smallest absolute Gasteiger partial charge is 0.255 e. The van der Waals surface area contributed by atoms with E-state index in [1.807, 2.05) is 31.2 Å². The van der Waals surface area contributed by atoms with E-state index < -0.39 is 0 Å². The molecule has 1 saturated heterocycles. The first kappa shape index (κ1) is 25.3. The number of carbonyl (C=O) groups is 2. The molecule has 0 spiro atoms. The minimum Gasteiger partial charge on any atom is -0.506 e. The minimum atomic E-state index is -0.365. The second kappa shape index (κ2) is 11.3. The van der Waals surface area contributed by atoms with Crippen molar-refractivity contribution < 1.29 is 14.7 Å². The van der Waals surface area contributed by atoms with Crippen LogP contribution in [0.25, 0.3) is 0 Å². The third-order valence-corrected chi connectivity index (χ3v) is 6.60. The second-order valence-corrected chi connectivity index (χ2v) is 9.49. The first-order valence-electron chi connectivity index (χ1n) is 12.4. The number of carbonyl (C=O) groups excluding carboxylic acids is 2. The number of rotatable bonds is 6. The Bertz CT molecular complexity index is 1210. The molecule has 0 radical (unpaired) electrons. The topological polar surface area (TPSA) is 84.9 Å².